The van der Waals surface area contributed by atoms with Gasteiger partial charge in [0, 0.05) is 38.6 Å². The quantitative estimate of drug-likeness (QED) is 0.813. The molecule has 0 aromatic rings. The molecule has 0 aliphatic carbocycles. The van der Waals surface area contributed by atoms with Gasteiger partial charge >= 0.3 is 0 Å². The van der Waals surface area contributed by atoms with E-state index in [4.69, 9.17) is 0 Å². The highest BCUT2D eigenvalue weighted by atomic mass is 16.2. The van der Waals surface area contributed by atoms with Crippen molar-refractivity contribution in [3.05, 3.63) is 0 Å². The molecule has 2 fully saturated rings. The van der Waals surface area contributed by atoms with E-state index >= 15 is 0 Å². The lowest BCUT2D eigenvalue weighted by Gasteiger charge is -2.36. The summed E-state index contributed by atoms with van der Waals surface area (Å²) in [7, 11) is 0. The first kappa shape index (κ1) is 13.8. The average Bonchev–Trinajstić information content (AvgIpc) is 2.41. The number of carbonyl (C=O) groups excluding carboxylic acids is 1. The summed E-state index contributed by atoms with van der Waals surface area (Å²) in [6, 6.07) is 0.399. The molecular formula is C14H27N3O. The summed E-state index contributed by atoms with van der Waals surface area (Å²) < 4.78 is 0. The van der Waals surface area contributed by atoms with Crippen molar-refractivity contribution in [2.75, 3.05) is 39.3 Å². The van der Waals surface area contributed by atoms with Gasteiger partial charge in [-0.05, 0) is 31.8 Å². The number of likely N-dealkylation sites (N-methyl/N-ethyl adjacent to an activating group) is 1. The number of piperidine rings is 1. The van der Waals surface area contributed by atoms with E-state index in [-0.39, 0.29) is 0 Å². The molecule has 4 nitrogen and oxygen atoms in total. The number of amides is 1. The third kappa shape index (κ3) is 3.45. The smallest absolute Gasteiger partial charge is 0.224 e. The van der Waals surface area contributed by atoms with Crippen molar-refractivity contribution in [3.8, 4) is 0 Å². The maximum atomic E-state index is 12.3. The highest BCUT2D eigenvalue weighted by molar-refractivity contribution is 5.77. The molecule has 1 N–H and O–H groups in total. The SMILES string of the molecule is CCN1CCN(C(=O)CC2NCCCC2C)CC1. The summed E-state index contributed by atoms with van der Waals surface area (Å²) in [6.45, 7) is 10.5. The van der Waals surface area contributed by atoms with E-state index in [1.165, 1.54) is 12.8 Å². The van der Waals surface area contributed by atoms with Crippen LogP contribution < -0.4 is 5.32 Å². The van der Waals surface area contributed by atoms with Crippen LogP contribution in [0, 0.1) is 5.92 Å². The Kier molecular flexibility index (Phi) is 5.01. The Morgan fingerprint density at radius 2 is 2.00 bits per heavy atom. The minimum atomic E-state index is 0.344. The highest BCUT2D eigenvalue weighted by Gasteiger charge is 2.27. The van der Waals surface area contributed by atoms with Gasteiger partial charge < -0.3 is 15.1 Å². The van der Waals surface area contributed by atoms with Crippen LogP contribution in [-0.4, -0.2) is 61.0 Å². The van der Waals surface area contributed by atoms with E-state index in [9.17, 15) is 4.79 Å². The molecule has 2 unspecified atom stereocenters. The molecule has 2 heterocycles. The Morgan fingerprint density at radius 1 is 1.28 bits per heavy atom. The lowest BCUT2D eigenvalue weighted by atomic mass is 9.90. The zero-order valence-corrected chi connectivity index (χ0v) is 11.8. The Labute approximate surface area is 111 Å². The highest BCUT2D eigenvalue weighted by Crippen LogP contribution is 2.19. The number of nitrogens with one attached hydrogen (secondary N) is 1. The Hall–Kier alpha value is -0.610. The van der Waals surface area contributed by atoms with Gasteiger partial charge in [0.25, 0.3) is 0 Å². The molecule has 0 bridgehead atoms. The summed E-state index contributed by atoms with van der Waals surface area (Å²) in [6.07, 6.45) is 3.20. The van der Waals surface area contributed by atoms with E-state index in [0.717, 1.165) is 39.3 Å². The Morgan fingerprint density at radius 3 is 2.61 bits per heavy atom. The van der Waals surface area contributed by atoms with Crippen molar-refractivity contribution >= 4 is 5.91 Å². The number of piperazine rings is 1. The van der Waals surface area contributed by atoms with Crippen LogP contribution in [0.1, 0.15) is 33.1 Å². The van der Waals surface area contributed by atoms with Gasteiger partial charge in [0.1, 0.15) is 0 Å². The number of carbonyl (C=O) groups is 1. The van der Waals surface area contributed by atoms with Crippen molar-refractivity contribution in [2.45, 2.75) is 39.2 Å². The zero-order chi connectivity index (χ0) is 13.0. The van der Waals surface area contributed by atoms with Crippen LogP contribution in [0.4, 0.5) is 0 Å². The molecule has 2 rings (SSSR count). The number of nitrogens with zero attached hydrogens (tertiary/aromatic N) is 2. The van der Waals surface area contributed by atoms with E-state index < -0.39 is 0 Å². The first-order valence-corrected chi connectivity index (χ1v) is 7.44. The molecule has 2 saturated heterocycles. The predicted octanol–water partition coefficient (Wildman–Crippen LogP) is 0.929. The Balaban J connectivity index is 1.77. The number of rotatable bonds is 3. The average molecular weight is 253 g/mol. The summed E-state index contributed by atoms with van der Waals surface area (Å²) >= 11 is 0. The monoisotopic (exact) mass is 253 g/mol. The van der Waals surface area contributed by atoms with Crippen LogP contribution in [0.25, 0.3) is 0 Å². The molecule has 4 heteroatoms. The molecule has 18 heavy (non-hydrogen) atoms. The molecule has 2 aliphatic heterocycles. The fraction of sp³-hybridized carbons (Fsp3) is 0.929. The van der Waals surface area contributed by atoms with Crippen LogP contribution in [0.15, 0.2) is 0 Å². The van der Waals surface area contributed by atoms with Crippen LogP contribution in [0.3, 0.4) is 0 Å². The summed E-state index contributed by atoms with van der Waals surface area (Å²) in [5.74, 6) is 0.983. The maximum Gasteiger partial charge on any atom is 0.224 e. The first-order chi connectivity index (χ1) is 8.70. The molecular weight excluding hydrogens is 226 g/mol. The van der Waals surface area contributed by atoms with Crippen LogP contribution in [0.2, 0.25) is 0 Å². The van der Waals surface area contributed by atoms with Crippen LogP contribution in [-0.2, 0) is 4.79 Å². The van der Waals surface area contributed by atoms with Gasteiger partial charge in [0.15, 0.2) is 0 Å². The van der Waals surface area contributed by atoms with Crippen molar-refractivity contribution in [3.63, 3.8) is 0 Å². The molecule has 1 amide bonds. The number of hydrogen-bond donors (Lipinski definition) is 1. The topological polar surface area (TPSA) is 35.6 Å². The van der Waals surface area contributed by atoms with Crippen molar-refractivity contribution in [1.82, 2.24) is 15.1 Å². The lowest BCUT2D eigenvalue weighted by molar-refractivity contribution is -0.133. The normalized spacial score (nSPS) is 30.4. The van der Waals surface area contributed by atoms with Crippen LogP contribution >= 0.6 is 0 Å². The predicted molar refractivity (Wildman–Crippen MR) is 73.5 cm³/mol. The zero-order valence-electron chi connectivity index (χ0n) is 11.8. The molecule has 104 valence electrons. The fourth-order valence-corrected chi connectivity index (χ4v) is 3.02. The van der Waals surface area contributed by atoms with E-state index in [2.05, 4.69) is 29.0 Å². The largest absolute Gasteiger partial charge is 0.340 e. The minimum absolute atomic E-state index is 0.344. The van der Waals surface area contributed by atoms with Gasteiger partial charge in [0.05, 0.1) is 0 Å². The number of hydrogen-bond acceptors (Lipinski definition) is 3. The summed E-state index contributed by atoms with van der Waals surface area (Å²) in [5.41, 5.74) is 0. The third-order valence-electron chi connectivity index (χ3n) is 4.50. The lowest BCUT2D eigenvalue weighted by Crippen LogP contribution is -2.51. The second-order valence-corrected chi connectivity index (χ2v) is 5.70. The van der Waals surface area contributed by atoms with Crippen LogP contribution in [0.5, 0.6) is 0 Å². The van der Waals surface area contributed by atoms with E-state index in [1.807, 2.05) is 0 Å². The molecule has 0 radical (unpaired) electrons. The molecule has 2 aliphatic rings. The summed E-state index contributed by atoms with van der Waals surface area (Å²) in [5, 5.41) is 3.50. The third-order valence-corrected chi connectivity index (χ3v) is 4.50. The van der Waals surface area contributed by atoms with E-state index in [0.29, 0.717) is 24.3 Å². The molecule has 0 aromatic heterocycles. The van der Waals surface area contributed by atoms with Crippen molar-refractivity contribution < 1.29 is 4.79 Å². The first-order valence-electron chi connectivity index (χ1n) is 7.44. The molecule has 2 atom stereocenters. The van der Waals surface area contributed by atoms with Gasteiger partial charge in [0.2, 0.25) is 5.91 Å². The molecule has 0 spiro atoms. The Bertz CT molecular complexity index is 274. The molecule has 0 aromatic carbocycles. The molecule has 0 saturated carbocycles. The summed E-state index contributed by atoms with van der Waals surface area (Å²) in [4.78, 5) is 16.7. The van der Waals surface area contributed by atoms with Gasteiger partial charge in [-0.3, -0.25) is 4.79 Å². The minimum Gasteiger partial charge on any atom is -0.340 e. The standard InChI is InChI=1S/C14H27N3O/c1-3-16-7-9-17(10-8-16)14(18)11-13-12(2)5-4-6-15-13/h12-13,15H,3-11H2,1-2H3. The van der Waals surface area contributed by atoms with Crippen molar-refractivity contribution in [1.29, 1.82) is 0 Å². The van der Waals surface area contributed by atoms with Gasteiger partial charge in [-0.1, -0.05) is 13.8 Å². The van der Waals surface area contributed by atoms with Gasteiger partial charge in [-0.25, -0.2) is 0 Å². The second kappa shape index (κ2) is 6.53. The van der Waals surface area contributed by atoms with Gasteiger partial charge in [-0.2, -0.15) is 0 Å². The van der Waals surface area contributed by atoms with Crippen molar-refractivity contribution in [2.24, 2.45) is 5.92 Å². The van der Waals surface area contributed by atoms with E-state index in [1.54, 1.807) is 0 Å². The fourth-order valence-electron chi connectivity index (χ4n) is 3.02. The maximum absolute atomic E-state index is 12.3. The van der Waals surface area contributed by atoms with Gasteiger partial charge in [-0.15, -0.1) is 0 Å². The second-order valence-electron chi connectivity index (χ2n) is 5.70.